The Morgan fingerprint density at radius 1 is 1.50 bits per heavy atom. The number of methoxy groups -OCH3 is 1. The fourth-order valence-corrected chi connectivity index (χ4v) is 2.74. The molecule has 1 aromatic heterocycles. The van der Waals surface area contributed by atoms with Gasteiger partial charge >= 0.3 is 0 Å². The molecule has 1 saturated heterocycles. The first-order chi connectivity index (χ1) is 12.6. The van der Waals surface area contributed by atoms with Crippen molar-refractivity contribution in [2.75, 3.05) is 25.2 Å². The maximum Gasteiger partial charge on any atom is 0.229 e. The first-order valence-corrected chi connectivity index (χ1v) is 8.21. The van der Waals surface area contributed by atoms with Crippen LogP contribution in [-0.2, 0) is 27.3 Å². The fraction of sp³-hybridized carbons (Fsp3) is 0.412. The lowest BCUT2D eigenvalue weighted by atomic mass is 10.1. The number of ether oxygens (including phenoxy) is 1. The van der Waals surface area contributed by atoms with E-state index in [0.717, 1.165) is 0 Å². The van der Waals surface area contributed by atoms with E-state index in [1.54, 1.807) is 13.2 Å². The van der Waals surface area contributed by atoms with Crippen molar-refractivity contribution in [2.24, 2.45) is 5.92 Å². The molecule has 1 aromatic carbocycles. The highest BCUT2D eigenvalue weighted by molar-refractivity contribution is 6.00. The summed E-state index contributed by atoms with van der Waals surface area (Å²) in [5.41, 5.74) is 0.450. The second kappa shape index (κ2) is 8.05. The molecule has 1 fully saturated rings. The minimum absolute atomic E-state index is 0.0771. The Morgan fingerprint density at radius 3 is 3.12 bits per heavy atom. The Balaban J connectivity index is 1.54. The zero-order chi connectivity index (χ0) is 18.5. The topological polar surface area (TPSA) is 97.6 Å². The van der Waals surface area contributed by atoms with Gasteiger partial charge in [0.15, 0.2) is 5.82 Å². The molecular formula is C17H19FN4O4. The second-order valence-electron chi connectivity index (χ2n) is 5.95. The van der Waals surface area contributed by atoms with Crippen molar-refractivity contribution in [3.63, 3.8) is 0 Å². The molecule has 1 N–H and O–H groups in total. The molecule has 0 bridgehead atoms. The number of rotatable bonds is 7. The number of nitrogens with zero attached hydrogens (tertiary/aromatic N) is 3. The smallest absolute Gasteiger partial charge is 0.229 e. The lowest BCUT2D eigenvalue weighted by Crippen LogP contribution is -2.32. The average molecular weight is 362 g/mol. The second-order valence-corrected chi connectivity index (χ2v) is 5.95. The molecule has 0 spiro atoms. The molecule has 26 heavy (non-hydrogen) atoms. The van der Waals surface area contributed by atoms with Crippen LogP contribution in [0.3, 0.4) is 0 Å². The van der Waals surface area contributed by atoms with Crippen LogP contribution in [0.5, 0.6) is 0 Å². The molecule has 3 rings (SSSR count). The highest BCUT2D eigenvalue weighted by Gasteiger charge is 2.35. The first kappa shape index (κ1) is 18.0. The zero-order valence-corrected chi connectivity index (χ0v) is 14.3. The Kier molecular flexibility index (Phi) is 5.57. The van der Waals surface area contributed by atoms with Crippen LogP contribution in [0.2, 0.25) is 0 Å². The minimum Gasteiger partial charge on any atom is -0.384 e. The summed E-state index contributed by atoms with van der Waals surface area (Å²) in [4.78, 5) is 30.0. The predicted molar refractivity (Wildman–Crippen MR) is 88.6 cm³/mol. The average Bonchev–Trinajstić information content (AvgIpc) is 3.24. The third-order valence-corrected chi connectivity index (χ3v) is 4.07. The molecule has 8 nitrogen and oxygen atoms in total. The number of hydrogen-bond donors (Lipinski definition) is 1. The van der Waals surface area contributed by atoms with Gasteiger partial charge in [-0.2, -0.15) is 4.98 Å². The van der Waals surface area contributed by atoms with E-state index in [4.69, 9.17) is 9.26 Å². The van der Waals surface area contributed by atoms with Crippen molar-refractivity contribution in [3.8, 4) is 0 Å². The standard InChI is InChI=1S/C17H19FN4O4/c1-25-6-5-15-20-14(21-26-15)9-19-17(24)11-7-16(23)22(10-11)13-4-2-3-12(18)8-13/h2-4,8,11H,5-7,9-10H2,1H3,(H,19,24)/t11-/m1/s1. The van der Waals surface area contributed by atoms with Crippen molar-refractivity contribution in [2.45, 2.75) is 19.4 Å². The number of anilines is 1. The highest BCUT2D eigenvalue weighted by atomic mass is 19.1. The first-order valence-electron chi connectivity index (χ1n) is 8.21. The quantitative estimate of drug-likeness (QED) is 0.791. The Hall–Kier alpha value is -2.81. The SMILES string of the molecule is COCCc1nc(CNC(=O)[C@@H]2CC(=O)N(c3cccc(F)c3)C2)no1. The lowest BCUT2D eigenvalue weighted by molar-refractivity contribution is -0.126. The summed E-state index contributed by atoms with van der Waals surface area (Å²) in [5, 5.41) is 6.49. The molecule has 0 aliphatic carbocycles. The van der Waals surface area contributed by atoms with E-state index < -0.39 is 11.7 Å². The number of aromatic nitrogens is 2. The van der Waals surface area contributed by atoms with Crippen LogP contribution in [0, 0.1) is 11.7 Å². The molecule has 2 aromatic rings. The van der Waals surface area contributed by atoms with Gasteiger partial charge in [0.1, 0.15) is 5.82 Å². The molecule has 1 aliphatic rings. The molecule has 138 valence electrons. The molecule has 0 saturated carbocycles. The van der Waals surface area contributed by atoms with Gasteiger partial charge in [-0.25, -0.2) is 4.39 Å². The number of hydrogen-bond acceptors (Lipinski definition) is 6. The largest absolute Gasteiger partial charge is 0.384 e. The number of nitrogens with one attached hydrogen (secondary N) is 1. The minimum atomic E-state index is -0.509. The lowest BCUT2D eigenvalue weighted by Gasteiger charge is -2.16. The summed E-state index contributed by atoms with van der Waals surface area (Å²) in [5.74, 6) is -0.631. The van der Waals surface area contributed by atoms with Crippen LogP contribution < -0.4 is 10.2 Å². The van der Waals surface area contributed by atoms with Gasteiger partial charge in [0.25, 0.3) is 0 Å². The van der Waals surface area contributed by atoms with Gasteiger partial charge in [-0.3, -0.25) is 9.59 Å². The summed E-state index contributed by atoms with van der Waals surface area (Å²) in [6.45, 7) is 0.785. The van der Waals surface area contributed by atoms with Gasteiger partial charge < -0.3 is 19.5 Å². The van der Waals surface area contributed by atoms with E-state index in [0.29, 0.717) is 30.4 Å². The number of benzene rings is 1. The molecule has 1 aliphatic heterocycles. The van der Waals surface area contributed by atoms with Crippen LogP contribution in [-0.4, -0.2) is 42.2 Å². The Bertz CT molecular complexity index is 795. The third kappa shape index (κ3) is 4.23. The molecule has 0 unspecified atom stereocenters. The van der Waals surface area contributed by atoms with Gasteiger partial charge in [-0.15, -0.1) is 0 Å². The Morgan fingerprint density at radius 2 is 2.35 bits per heavy atom. The Labute approximate surface area is 149 Å². The van der Waals surface area contributed by atoms with Crippen molar-refractivity contribution < 1.29 is 23.2 Å². The van der Waals surface area contributed by atoms with Crippen LogP contribution >= 0.6 is 0 Å². The number of carbonyl (C=O) groups excluding carboxylic acids is 2. The van der Waals surface area contributed by atoms with E-state index in [1.807, 2.05) is 0 Å². The van der Waals surface area contributed by atoms with Crippen molar-refractivity contribution in [1.29, 1.82) is 0 Å². The van der Waals surface area contributed by atoms with Crippen LogP contribution in [0.4, 0.5) is 10.1 Å². The molecule has 9 heteroatoms. The number of halogens is 1. The van der Waals surface area contributed by atoms with E-state index >= 15 is 0 Å². The summed E-state index contributed by atoms with van der Waals surface area (Å²) in [6.07, 6.45) is 0.574. The highest BCUT2D eigenvalue weighted by Crippen LogP contribution is 2.25. The van der Waals surface area contributed by atoms with Crippen molar-refractivity contribution in [1.82, 2.24) is 15.5 Å². The maximum atomic E-state index is 13.3. The van der Waals surface area contributed by atoms with Crippen molar-refractivity contribution >= 4 is 17.5 Å². The molecular weight excluding hydrogens is 343 g/mol. The van der Waals surface area contributed by atoms with Gasteiger partial charge in [-0.05, 0) is 18.2 Å². The predicted octanol–water partition coefficient (Wildman–Crippen LogP) is 1.07. The van der Waals surface area contributed by atoms with Crippen LogP contribution in [0.15, 0.2) is 28.8 Å². The maximum absolute atomic E-state index is 13.3. The van der Waals surface area contributed by atoms with Gasteiger partial charge in [0.05, 0.1) is 25.5 Å². The van der Waals surface area contributed by atoms with E-state index in [2.05, 4.69) is 15.5 Å². The monoisotopic (exact) mass is 362 g/mol. The molecule has 0 radical (unpaired) electrons. The summed E-state index contributed by atoms with van der Waals surface area (Å²) in [7, 11) is 1.58. The summed E-state index contributed by atoms with van der Waals surface area (Å²) in [6, 6.07) is 5.75. The molecule has 2 amide bonds. The number of amides is 2. The number of carbonyl (C=O) groups is 2. The van der Waals surface area contributed by atoms with E-state index in [9.17, 15) is 14.0 Å². The van der Waals surface area contributed by atoms with E-state index in [1.165, 1.54) is 23.1 Å². The normalized spacial score (nSPS) is 16.9. The molecule has 2 heterocycles. The van der Waals surface area contributed by atoms with Gasteiger partial charge in [-0.1, -0.05) is 11.2 Å². The zero-order valence-electron chi connectivity index (χ0n) is 14.3. The van der Waals surface area contributed by atoms with Gasteiger partial charge in [0, 0.05) is 25.8 Å². The summed E-state index contributed by atoms with van der Waals surface area (Å²) >= 11 is 0. The van der Waals surface area contributed by atoms with Crippen molar-refractivity contribution in [3.05, 3.63) is 41.8 Å². The molecule has 1 atom stereocenters. The fourth-order valence-electron chi connectivity index (χ4n) is 2.74. The van der Waals surface area contributed by atoms with E-state index in [-0.39, 0.29) is 31.3 Å². The third-order valence-electron chi connectivity index (χ3n) is 4.07. The van der Waals surface area contributed by atoms with Crippen LogP contribution in [0.1, 0.15) is 18.1 Å². The summed E-state index contributed by atoms with van der Waals surface area (Å²) < 4.78 is 23.3. The van der Waals surface area contributed by atoms with Gasteiger partial charge in [0.2, 0.25) is 17.7 Å². The van der Waals surface area contributed by atoms with Crippen LogP contribution in [0.25, 0.3) is 0 Å².